The van der Waals surface area contributed by atoms with Gasteiger partial charge in [-0.25, -0.2) is 4.68 Å². The fourth-order valence-electron chi connectivity index (χ4n) is 2.41. The van der Waals surface area contributed by atoms with E-state index in [0.717, 1.165) is 12.8 Å². The van der Waals surface area contributed by atoms with Crippen molar-refractivity contribution in [2.24, 2.45) is 0 Å². The highest BCUT2D eigenvalue weighted by atomic mass is 16.1. The van der Waals surface area contributed by atoms with Crippen LogP contribution in [0.3, 0.4) is 0 Å². The maximum absolute atomic E-state index is 12.1. The van der Waals surface area contributed by atoms with Gasteiger partial charge in [0.25, 0.3) is 5.56 Å². The number of rotatable bonds is 2. The molecule has 1 aliphatic carbocycles. The van der Waals surface area contributed by atoms with E-state index in [1.807, 2.05) is 20.8 Å². The van der Waals surface area contributed by atoms with Gasteiger partial charge in [-0.15, -0.1) is 0 Å². The van der Waals surface area contributed by atoms with Gasteiger partial charge in [-0.05, 0) is 33.6 Å². The largest absolute Gasteiger partial charge is 0.352 e. The molecule has 0 radical (unpaired) electrons. The molecule has 6 heteroatoms. The first kappa shape index (κ1) is 12.9. The van der Waals surface area contributed by atoms with Crippen molar-refractivity contribution in [1.82, 2.24) is 19.7 Å². The van der Waals surface area contributed by atoms with Gasteiger partial charge in [0.05, 0.1) is 11.7 Å². The van der Waals surface area contributed by atoms with E-state index in [-0.39, 0.29) is 11.1 Å². The third kappa shape index (κ3) is 2.21. The molecule has 2 heterocycles. The number of hydrogen-bond acceptors (Lipinski definition) is 4. The summed E-state index contributed by atoms with van der Waals surface area (Å²) in [7, 11) is 0. The van der Waals surface area contributed by atoms with E-state index >= 15 is 0 Å². The molecule has 0 saturated carbocycles. The Morgan fingerprint density at radius 3 is 2.70 bits per heavy atom. The van der Waals surface area contributed by atoms with Gasteiger partial charge in [0.15, 0.2) is 5.65 Å². The van der Waals surface area contributed by atoms with Gasteiger partial charge in [-0.2, -0.15) is 10.1 Å². The van der Waals surface area contributed by atoms with Crippen LogP contribution in [-0.4, -0.2) is 25.8 Å². The molecule has 3 rings (SSSR count). The van der Waals surface area contributed by atoms with E-state index in [2.05, 4.69) is 32.5 Å². The average molecular weight is 273 g/mol. The van der Waals surface area contributed by atoms with Crippen LogP contribution < -0.4 is 10.9 Å². The molecule has 2 N–H and O–H groups in total. The van der Waals surface area contributed by atoms with Crippen LogP contribution in [0, 0.1) is 0 Å². The van der Waals surface area contributed by atoms with E-state index in [4.69, 9.17) is 0 Å². The monoisotopic (exact) mass is 273 g/mol. The molecular formula is C14H19N5O. The van der Waals surface area contributed by atoms with Gasteiger partial charge in [-0.1, -0.05) is 12.2 Å². The summed E-state index contributed by atoms with van der Waals surface area (Å²) in [6.07, 6.45) is 7.76. The molecule has 0 aromatic carbocycles. The maximum atomic E-state index is 12.1. The Hall–Kier alpha value is -2.11. The fraction of sp³-hybridized carbons (Fsp3) is 0.500. The van der Waals surface area contributed by atoms with Crippen molar-refractivity contribution in [3.8, 4) is 0 Å². The first-order chi connectivity index (χ1) is 9.45. The first-order valence-corrected chi connectivity index (χ1v) is 6.85. The highest BCUT2D eigenvalue weighted by Gasteiger charge is 2.20. The number of anilines is 1. The third-order valence-electron chi connectivity index (χ3n) is 3.42. The summed E-state index contributed by atoms with van der Waals surface area (Å²) < 4.78 is 1.79. The number of fused-ring (bicyclic) bond motifs is 1. The van der Waals surface area contributed by atoms with Crippen LogP contribution in [0.1, 0.15) is 33.6 Å². The highest BCUT2D eigenvalue weighted by Crippen LogP contribution is 2.20. The maximum Gasteiger partial charge on any atom is 0.263 e. The number of hydrogen-bond donors (Lipinski definition) is 2. The lowest BCUT2D eigenvalue weighted by atomic mass is 10.1. The van der Waals surface area contributed by atoms with Crippen molar-refractivity contribution < 1.29 is 0 Å². The van der Waals surface area contributed by atoms with E-state index < -0.39 is 0 Å². The Labute approximate surface area is 116 Å². The van der Waals surface area contributed by atoms with E-state index in [0.29, 0.717) is 23.0 Å². The van der Waals surface area contributed by atoms with Gasteiger partial charge in [0.1, 0.15) is 5.39 Å². The Bertz CT molecular complexity index is 711. The summed E-state index contributed by atoms with van der Waals surface area (Å²) in [5.74, 6) is 0.516. The molecule has 0 bridgehead atoms. The van der Waals surface area contributed by atoms with Crippen LogP contribution in [0.4, 0.5) is 5.95 Å². The summed E-state index contributed by atoms with van der Waals surface area (Å²) in [6, 6.07) is 0.307. The number of aromatic nitrogens is 4. The average Bonchev–Trinajstić information content (AvgIpc) is 2.96. The summed E-state index contributed by atoms with van der Waals surface area (Å²) in [6.45, 7) is 6.11. The summed E-state index contributed by atoms with van der Waals surface area (Å²) in [4.78, 5) is 19.4. The van der Waals surface area contributed by atoms with Crippen molar-refractivity contribution in [1.29, 1.82) is 0 Å². The zero-order chi connectivity index (χ0) is 14.3. The summed E-state index contributed by atoms with van der Waals surface area (Å²) >= 11 is 0. The summed E-state index contributed by atoms with van der Waals surface area (Å²) in [5, 5.41) is 8.09. The highest BCUT2D eigenvalue weighted by molar-refractivity contribution is 5.74. The van der Waals surface area contributed by atoms with Gasteiger partial charge in [0.2, 0.25) is 5.95 Å². The fourth-order valence-corrected chi connectivity index (χ4v) is 2.41. The molecule has 0 amide bonds. The molecule has 6 nitrogen and oxygen atoms in total. The first-order valence-electron chi connectivity index (χ1n) is 6.85. The van der Waals surface area contributed by atoms with Crippen LogP contribution in [-0.2, 0) is 5.54 Å². The van der Waals surface area contributed by atoms with Gasteiger partial charge >= 0.3 is 0 Å². The lowest BCUT2D eigenvalue weighted by Crippen LogP contribution is -2.25. The minimum atomic E-state index is -0.214. The third-order valence-corrected chi connectivity index (χ3v) is 3.42. The van der Waals surface area contributed by atoms with Crippen LogP contribution >= 0.6 is 0 Å². The predicted octanol–water partition coefficient (Wildman–Crippen LogP) is 2.01. The quantitative estimate of drug-likeness (QED) is 0.821. The minimum absolute atomic E-state index is 0.154. The van der Waals surface area contributed by atoms with Gasteiger partial charge in [0, 0.05) is 6.04 Å². The second kappa shape index (κ2) is 4.47. The molecule has 20 heavy (non-hydrogen) atoms. The Morgan fingerprint density at radius 1 is 1.35 bits per heavy atom. The minimum Gasteiger partial charge on any atom is -0.352 e. The van der Waals surface area contributed by atoms with Gasteiger partial charge in [-0.3, -0.25) is 9.78 Å². The molecule has 0 saturated heterocycles. The molecule has 0 spiro atoms. The molecule has 0 aliphatic heterocycles. The number of H-pyrrole nitrogens is 1. The SMILES string of the molecule is CC(C)(C)n1ncc2c(=O)[nH]c(NC3CC=CC3)nc21. The van der Waals surface area contributed by atoms with Crippen LogP contribution in [0.25, 0.3) is 11.0 Å². The smallest absolute Gasteiger partial charge is 0.263 e. The van der Waals surface area contributed by atoms with Crippen LogP contribution in [0.2, 0.25) is 0 Å². The molecule has 1 aliphatic rings. The number of nitrogens with zero attached hydrogens (tertiary/aromatic N) is 3. The molecule has 0 atom stereocenters. The Morgan fingerprint density at radius 2 is 2.05 bits per heavy atom. The zero-order valence-corrected chi connectivity index (χ0v) is 12.0. The molecule has 0 unspecified atom stereocenters. The zero-order valence-electron chi connectivity index (χ0n) is 12.0. The summed E-state index contributed by atoms with van der Waals surface area (Å²) in [5.41, 5.74) is 0.253. The van der Waals surface area contributed by atoms with Crippen LogP contribution in [0.15, 0.2) is 23.1 Å². The van der Waals surface area contributed by atoms with Crippen molar-refractivity contribution in [2.75, 3.05) is 5.32 Å². The van der Waals surface area contributed by atoms with Crippen molar-refractivity contribution in [3.63, 3.8) is 0 Å². The van der Waals surface area contributed by atoms with E-state index in [1.165, 1.54) is 0 Å². The van der Waals surface area contributed by atoms with Crippen molar-refractivity contribution >= 4 is 17.0 Å². The topological polar surface area (TPSA) is 75.6 Å². The standard InChI is InChI=1S/C14H19N5O/c1-14(2,3)19-11-10(8-15-19)12(20)18-13(17-11)16-9-6-4-5-7-9/h4-5,8-9H,6-7H2,1-3H3,(H2,16,17,18,20). The lowest BCUT2D eigenvalue weighted by Gasteiger charge is -2.20. The van der Waals surface area contributed by atoms with Gasteiger partial charge < -0.3 is 5.32 Å². The predicted molar refractivity (Wildman–Crippen MR) is 78.9 cm³/mol. The molecular weight excluding hydrogens is 254 g/mol. The molecule has 0 fully saturated rings. The van der Waals surface area contributed by atoms with Crippen molar-refractivity contribution in [3.05, 3.63) is 28.7 Å². The number of nitrogens with one attached hydrogen (secondary N) is 2. The lowest BCUT2D eigenvalue weighted by molar-refractivity contribution is 0.366. The van der Waals surface area contributed by atoms with Crippen LogP contribution in [0.5, 0.6) is 0 Å². The second-order valence-corrected chi connectivity index (χ2v) is 6.16. The van der Waals surface area contributed by atoms with Crippen molar-refractivity contribution in [2.45, 2.75) is 45.2 Å². The molecule has 106 valence electrons. The second-order valence-electron chi connectivity index (χ2n) is 6.16. The molecule has 2 aromatic heterocycles. The van der Waals surface area contributed by atoms with E-state index in [1.54, 1.807) is 10.9 Å². The Balaban J connectivity index is 2.04. The normalized spacial score (nSPS) is 16.1. The Kier molecular flexibility index (Phi) is 2.88. The van der Waals surface area contributed by atoms with E-state index in [9.17, 15) is 4.79 Å². The molecule has 2 aromatic rings. The number of aromatic amines is 1.